The Labute approximate surface area is 821 Å². The van der Waals surface area contributed by atoms with E-state index >= 15 is 0 Å². The molecule has 0 amide bonds. The molecule has 0 saturated heterocycles. The molecule has 0 saturated carbocycles. The van der Waals surface area contributed by atoms with Crippen molar-refractivity contribution in [3.05, 3.63) is 558 Å². The van der Waals surface area contributed by atoms with Crippen molar-refractivity contribution in [3.63, 3.8) is 0 Å². The lowest BCUT2D eigenvalue weighted by molar-refractivity contribution is 1.72. The van der Waals surface area contributed by atoms with Crippen LogP contribution in [-0.2, 0) is 0 Å². The van der Waals surface area contributed by atoms with Crippen LogP contribution in [0.4, 0.5) is 0 Å². The molecular weight excluding hydrogens is 1710 g/mol. The molecule has 0 heterocycles. The van der Waals surface area contributed by atoms with Gasteiger partial charge >= 0.3 is 0 Å². The highest BCUT2D eigenvalue weighted by Gasteiger charge is 2.21. The average Bonchev–Trinajstić information content (AvgIpc) is 0.686. The minimum Gasteiger partial charge on any atom is -0.0623 e. The van der Waals surface area contributed by atoms with Gasteiger partial charge in [-0.15, -0.1) is 0 Å². The van der Waals surface area contributed by atoms with Crippen LogP contribution in [0.15, 0.2) is 558 Å². The second-order valence-corrected chi connectivity index (χ2v) is 37.4. The van der Waals surface area contributed by atoms with Gasteiger partial charge in [-0.05, 0) is 312 Å². The molecule has 34 rings (SSSR count). The number of benzene rings is 34. The van der Waals surface area contributed by atoms with E-state index in [-0.39, 0.29) is 0 Å². The van der Waals surface area contributed by atoms with Crippen molar-refractivity contribution in [2.45, 2.75) is 0 Å². The third-order valence-corrected chi connectivity index (χ3v) is 29.2. The predicted octanol–water partition coefficient (Wildman–Crippen LogP) is 40.6. The van der Waals surface area contributed by atoms with Crippen LogP contribution in [-0.4, -0.2) is 0 Å². The van der Waals surface area contributed by atoms with E-state index in [1.165, 1.54) is 269 Å². The van der Waals surface area contributed by atoms with Crippen LogP contribution in [0.25, 0.3) is 269 Å². The van der Waals surface area contributed by atoms with E-state index in [1.54, 1.807) is 0 Å². The molecule has 0 radical (unpaired) electrons. The Morgan fingerprint density at radius 1 is 0.0563 bits per heavy atom. The molecule has 0 nitrogen and oxygen atoms in total. The van der Waals surface area contributed by atoms with Crippen LogP contribution in [0, 0.1) is 0 Å². The molecule has 660 valence electrons. The number of rotatable bonds is 0. The van der Waals surface area contributed by atoms with Gasteiger partial charge < -0.3 is 0 Å². The highest BCUT2D eigenvalue weighted by atomic mass is 14.2. The van der Waals surface area contributed by atoms with Crippen LogP contribution in [0.5, 0.6) is 0 Å². The summed E-state index contributed by atoms with van der Waals surface area (Å²) in [5.74, 6) is 0. The van der Waals surface area contributed by atoms with Crippen LogP contribution in [0.2, 0.25) is 0 Å². The van der Waals surface area contributed by atoms with Gasteiger partial charge in [-0.3, -0.25) is 0 Å². The summed E-state index contributed by atoms with van der Waals surface area (Å²) in [4.78, 5) is 0. The van der Waals surface area contributed by atoms with E-state index in [0.29, 0.717) is 0 Å². The number of hydrogen-bond donors (Lipinski definition) is 0. The second kappa shape index (κ2) is 36.2. The topological polar surface area (TPSA) is 0 Å². The second-order valence-electron chi connectivity index (χ2n) is 37.4. The Balaban J connectivity index is 0.0000000832. The fraction of sp³-hybridized carbons (Fsp3) is 0. The van der Waals surface area contributed by atoms with Gasteiger partial charge in [0.05, 0.1) is 0 Å². The van der Waals surface area contributed by atoms with Crippen molar-refractivity contribution in [1.82, 2.24) is 0 Å². The highest BCUT2D eigenvalue weighted by Crippen LogP contribution is 2.50. The summed E-state index contributed by atoms with van der Waals surface area (Å²) in [6.07, 6.45) is 0. The van der Waals surface area contributed by atoms with Crippen molar-refractivity contribution in [2.75, 3.05) is 0 Å². The van der Waals surface area contributed by atoms with Crippen molar-refractivity contribution in [3.8, 4) is 0 Å². The normalized spacial score (nSPS) is 11.5. The van der Waals surface area contributed by atoms with Gasteiger partial charge in [0, 0.05) is 0 Å². The summed E-state index contributed by atoms with van der Waals surface area (Å²) >= 11 is 0. The lowest BCUT2D eigenvalue weighted by Gasteiger charge is -2.20. The van der Waals surface area contributed by atoms with Crippen LogP contribution in [0.1, 0.15) is 0 Å². The standard InChI is InChI=1S/C24H12.2C20H12.C18H12.C16H10.2C14H10.C10H8.C6H6/c1-2-14-5-6-16-9-11-18-12-10-17-8-7-15-4-3-13(1)19-20(14)22(16)24(18)23(17)21(15)19;1-5-13-6-2-11-17-18-12-4-8-14-7-3-10-16(20(14)18)15(9-1)19(13)17;1-2-7-17-15(4-1)12-16-9-8-13-5-3-6-14-10-11-18(17)20(16)19(13)14;1-2-6-14-10-18-12-16-8-4-3-7-15(16)11-17(18)9-13(14)5-1;1-3-11-7-9-13-5-2-6-14-10-8-12(4-1)15(11)16(13)14;1-3-7-13-11(5-1)9-10-12-6-2-4-8-14(12)13;1-2-6-12-10-14-8-4-3-7-13(14)9-11(12)5-1;1-2-6-10-8-4-3-7-9(10)5-1;1-2-4-6-5-3-1/h1-12H;2*1-12H;1-12H;1-10H;2*1-10H;1-8H;1-6H. The first-order chi connectivity index (χ1) is 70.4. The summed E-state index contributed by atoms with van der Waals surface area (Å²) in [5.41, 5.74) is 0. The maximum absolute atomic E-state index is 2.31. The van der Waals surface area contributed by atoms with Crippen molar-refractivity contribution in [1.29, 1.82) is 0 Å². The average molecular weight is 1800 g/mol. The first-order valence-electron chi connectivity index (χ1n) is 49.2. The monoisotopic (exact) mass is 1800 g/mol. The molecule has 0 spiro atoms. The Morgan fingerprint density at radius 3 is 0.472 bits per heavy atom. The summed E-state index contributed by atoms with van der Waals surface area (Å²) < 4.78 is 0. The van der Waals surface area contributed by atoms with E-state index in [0.717, 1.165) is 0 Å². The maximum Gasteiger partial charge on any atom is -0.00139 e. The van der Waals surface area contributed by atoms with Gasteiger partial charge in [-0.2, -0.15) is 0 Å². The molecule has 34 aromatic carbocycles. The zero-order valence-electron chi connectivity index (χ0n) is 78.1. The van der Waals surface area contributed by atoms with E-state index in [1.807, 2.05) is 36.4 Å². The fourth-order valence-corrected chi connectivity index (χ4v) is 22.6. The molecule has 34 aromatic rings. The van der Waals surface area contributed by atoms with E-state index in [4.69, 9.17) is 0 Å². The van der Waals surface area contributed by atoms with Crippen molar-refractivity contribution in [2.24, 2.45) is 0 Å². The van der Waals surface area contributed by atoms with Crippen molar-refractivity contribution < 1.29 is 0 Å². The zero-order chi connectivity index (χ0) is 93.9. The van der Waals surface area contributed by atoms with Gasteiger partial charge in [0.2, 0.25) is 0 Å². The summed E-state index contributed by atoms with van der Waals surface area (Å²) in [5, 5.41) is 67.6. The van der Waals surface area contributed by atoms with E-state index in [9.17, 15) is 0 Å². The van der Waals surface area contributed by atoms with E-state index < -0.39 is 0 Å². The van der Waals surface area contributed by atoms with Crippen LogP contribution in [0.3, 0.4) is 0 Å². The first kappa shape index (κ1) is 84.1. The molecule has 0 aromatic heterocycles. The minimum absolute atomic E-state index is 1.31. The molecule has 0 N–H and O–H groups in total. The molecular formula is C142H92. The SMILES string of the molecule is c1cc2ccc3ccc4ccc5ccc6ccc1c1c2c3c4c5c61.c1cc2ccc3cccc4ccc(c1)c2c34.c1cc2cccc3c4cccc5cccc(c(c1)c23)c54.c1ccc2c(c1)cc1ccc3cccc4ccc2c1c34.c1ccc2c(c1)ccc1ccccc12.c1ccc2cc3cc4ccccc4cc3cc2c1.c1ccc2cc3ccccc3cc2c1.c1ccc2ccccc2c1.c1ccccc1. The molecule has 0 heteroatoms. The molecule has 0 unspecified atom stereocenters. The Hall–Kier alpha value is -18.5. The highest BCUT2D eigenvalue weighted by molar-refractivity contribution is 6.45. The van der Waals surface area contributed by atoms with Gasteiger partial charge in [-0.1, -0.05) is 516 Å². The minimum atomic E-state index is 1.31. The Morgan fingerprint density at radius 2 is 0.204 bits per heavy atom. The predicted molar refractivity (Wildman–Crippen MR) is 623 cm³/mol. The van der Waals surface area contributed by atoms with E-state index in [2.05, 4.69) is 522 Å². The largest absolute Gasteiger partial charge is 0.0623 e. The van der Waals surface area contributed by atoms with Gasteiger partial charge in [0.15, 0.2) is 0 Å². The Kier molecular flexibility index (Phi) is 21.4. The first-order valence-corrected chi connectivity index (χ1v) is 49.2. The van der Waals surface area contributed by atoms with Crippen LogP contribution < -0.4 is 0 Å². The molecule has 0 fully saturated rings. The molecule has 0 bridgehead atoms. The van der Waals surface area contributed by atoms with Crippen molar-refractivity contribution >= 4 is 269 Å². The molecule has 0 aliphatic heterocycles. The molecule has 0 aliphatic carbocycles. The number of hydrogen-bond acceptors (Lipinski definition) is 0. The smallest absolute Gasteiger partial charge is 0.00139 e. The molecule has 0 aliphatic rings. The van der Waals surface area contributed by atoms with Gasteiger partial charge in [0.25, 0.3) is 0 Å². The summed E-state index contributed by atoms with van der Waals surface area (Å²) in [6.45, 7) is 0. The molecule has 142 heavy (non-hydrogen) atoms. The lowest BCUT2D eigenvalue weighted by Crippen LogP contribution is -1.91. The third kappa shape index (κ3) is 15.3. The van der Waals surface area contributed by atoms with Gasteiger partial charge in [0.1, 0.15) is 0 Å². The van der Waals surface area contributed by atoms with Gasteiger partial charge in [-0.25, -0.2) is 0 Å². The lowest BCUT2D eigenvalue weighted by atomic mass is 9.83. The van der Waals surface area contributed by atoms with Crippen LogP contribution >= 0.6 is 0 Å². The molecule has 0 atom stereocenters. The Bertz CT molecular complexity index is 9540. The summed E-state index contributed by atoms with van der Waals surface area (Å²) in [6, 6.07) is 200. The fourth-order valence-electron chi connectivity index (χ4n) is 22.6. The zero-order valence-corrected chi connectivity index (χ0v) is 78.1. The maximum atomic E-state index is 2.31. The summed E-state index contributed by atoms with van der Waals surface area (Å²) in [7, 11) is 0. The number of fused-ring (bicyclic) bond motifs is 13. The quantitative estimate of drug-likeness (QED) is 0.105. The third-order valence-electron chi connectivity index (χ3n) is 29.2.